The predicted octanol–water partition coefficient (Wildman–Crippen LogP) is 1.37. The number of nitrogens with zero attached hydrogens (tertiary/aromatic N) is 1. The van der Waals surface area contributed by atoms with Crippen LogP contribution in [0.3, 0.4) is 0 Å². The van der Waals surface area contributed by atoms with Gasteiger partial charge in [0.25, 0.3) is 0 Å². The Kier molecular flexibility index (Phi) is 3.06. The highest BCUT2D eigenvalue weighted by atomic mass is 16.7. The lowest BCUT2D eigenvalue weighted by molar-refractivity contribution is -0.243. The quantitative estimate of drug-likeness (QED) is 0.755. The van der Waals surface area contributed by atoms with Gasteiger partial charge in [-0.25, -0.2) is 0 Å². The largest absolute Gasteiger partial charge is 0.394 e. The van der Waals surface area contributed by atoms with Gasteiger partial charge in [-0.05, 0) is 34.7 Å². The van der Waals surface area contributed by atoms with Gasteiger partial charge in [-0.1, -0.05) is 0 Å². The average Bonchev–Trinajstić information content (AvgIpc) is 2.56. The minimum absolute atomic E-state index is 0.0338. The predicted molar refractivity (Wildman–Crippen MR) is 65.8 cm³/mol. The Morgan fingerprint density at radius 2 is 1.71 bits per heavy atom. The first-order valence-corrected chi connectivity index (χ1v) is 6.37. The van der Waals surface area contributed by atoms with E-state index in [0.717, 1.165) is 12.8 Å². The van der Waals surface area contributed by atoms with Gasteiger partial charge in [0, 0.05) is 23.9 Å². The summed E-state index contributed by atoms with van der Waals surface area (Å²) in [5.74, 6) is -0.507. The molecule has 0 aromatic carbocycles. The van der Waals surface area contributed by atoms with E-state index in [4.69, 9.17) is 9.47 Å². The molecule has 1 unspecified atom stereocenters. The summed E-state index contributed by atoms with van der Waals surface area (Å²) in [5, 5.41) is 9.18. The Hall–Kier alpha value is -0.160. The highest BCUT2D eigenvalue weighted by Gasteiger charge is 2.55. The van der Waals surface area contributed by atoms with Crippen LogP contribution in [0.15, 0.2) is 0 Å². The van der Waals surface area contributed by atoms with E-state index in [2.05, 4.69) is 39.6 Å². The summed E-state index contributed by atoms with van der Waals surface area (Å²) in [5.41, 5.74) is 0.0677. The average molecular weight is 243 g/mol. The molecule has 0 radical (unpaired) electrons. The molecule has 17 heavy (non-hydrogen) atoms. The van der Waals surface area contributed by atoms with Gasteiger partial charge in [0.2, 0.25) is 0 Å². The molecule has 2 aliphatic rings. The number of aliphatic hydroxyl groups is 1. The highest BCUT2D eigenvalue weighted by Crippen LogP contribution is 2.47. The highest BCUT2D eigenvalue weighted by molar-refractivity contribution is 5.04. The van der Waals surface area contributed by atoms with Crippen LogP contribution in [0.2, 0.25) is 0 Å². The van der Waals surface area contributed by atoms with Crippen LogP contribution in [0.4, 0.5) is 0 Å². The summed E-state index contributed by atoms with van der Waals surface area (Å²) >= 11 is 0. The monoisotopic (exact) mass is 243 g/mol. The van der Waals surface area contributed by atoms with Gasteiger partial charge in [0.1, 0.15) is 6.10 Å². The van der Waals surface area contributed by atoms with Crippen molar-refractivity contribution in [1.29, 1.82) is 0 Å². The van der Waals surface area contributed by atoms with E-state index >= 15 is 0 Å². The molecular formula is C13H25NO3. The number of rotatable bonds is 1. The van der Waals surface area contributed by atoms with Crippen LogP contribution >= 0.6 is 0 Å². The van der Waals surface area contributed by atoms with Crippen LogP contribution in [0.1, 0.15) is 40.5 Å². The van der Waals surface area contributed by atoms with Crippen molar-refractivity contribution >= 4 is 0 Å². The lowest BCUT2D eigenvalue weighted by atomic mass is 9.76. The number of piperidine rings is 1. The Labute approximate surface area is 104 Å². The van der Waals surface area contributed by atoms with Crippen LogP contribution in [0.25, 0.3) is 0 Å². The third kappa shape index (κ3) is 2.24. The van der Waals surface area contributed by atoms with Gasteiger partial charge in [0.05, 0.1) is 13.2 Å². The number of hydrogen-bond acceptors (Lipinski definition) is 4. The van der Waals surface area contributed by atoms with Gasteiger partial charge in [-0.15, -0.1) is 0 Å². The number of hydrogen-bond donors (Lipinski definition) is 1. The minimum Gasteiger partial charge on any atom is -0.394 e. The van der Waals surface area contributed by atoms with Crippen molar-refractivity contribution in [2.75, 3.05) is 20.3 Å². The van der Waals surface area contributed by atoms with Gasteiger partial charge in [-0.3, -0.25) is 4.90 Å². The summed E-state index contributed by atoms with van der Waals surface area (Å²) in [6.45, 7) is 9.41. The zero-order valence-electron chi connectivity index (χ0n) is 11.6. The minimum atomic E-state index is -0.507. The van der Waals surface area contributed by atoms with Crippen LogP contribution in [0.5, 0.6) is 0 Å². The molecule has 0 bridgehead atoms. The van der Waals surface area contributed by atoms with Crippen LogP contribution in [-0.2, 0) is 9.47 Å². The first kappa shape index (κ1) is 13.3. The molecule has 100 valence electrons. The molecule has 1 N–H and O–H groups in total. The van der Waals surface area contributed by atoms with E-state index in [1.807, 2.05) is 0 Å². The number of ether oxygens (including phenoxy) is 2. The van der Waals surface area contributed by atoms with Gasteiger partial charge < -0.3 is 14.6 Å². The second-order valence-electron chi connectivity index (χ2n) is 6.68. The molecule has 0 amide bonds. The molecule has 0 saturated carbocycles. The van der Waals surface area contributed by atoms with E-state index in [9.17, 15) is 5.11 Å². The molecule has 4 heteroatoms. The van der Waals surface area contributed by atoms with E-state index in [0.29, 0.717) is 6.61 Å². The SMILES string of the molecule is CN1C(C)(C)CC2(CC1(C)C)OCC(CO)O2. The summed E-state index contributed by atoms with van der Waals surface area (Å²) in [7, 11) is 2.16. The topological polar surface area (TPSA) is 41.9 Å². The smallest absolute Gasteiger partial charge is 0.172 e. The second-order valence-corrected chi connectivity index (χ2v) is 6.68. The van der Waals surface area contributed by atoms with Crippen LogP contribution in [-0.4, -0.2) is 53.2 Å². The van der Waals surface area contributed by atoms with Crippen molar-refractivity contribution in [1.82, 2.24) is 4.90 Å². The maximum Gasteiger partial charge on any atom is 0.172 e. The van der Waals surface area contributed by atoms with E-state index < -0.39 is 5.79 Å². The standard InChI is InChI=1S/C13H25NO3/c1-11(2)8-13(9-12(3,4)14(11)5)16-7-10(6-15)17-13/h10,15H,6-9H2,1-5H3. The van der Waals surface area contributed by atoms with E-state index in [1.54, 1.807) is 0 Å². The van der Waals surface area contributed by atoms with Crippen molar-refractivity contribution in [2.45, 2.75) is 63.5 Å². The lowest BCUT2D eigenvalue weighted by Crippen LogP contribution is -2.64. The van der Waals surface area contributed by atoms with E-state index in [1.165, 1.54) is 0 Å². The van der Waals surface area contributed by atoms with Gasteiger partial charge in [-0.2, -0.15) is 0 Å². The Morgan fingerprint density at radius 1 is 1.18 bits per heavy atom. The summed E-state index contributed by atoms with van der Waals surface area (Å²) in [4.78, 5) is 2.39. The molecule has 0 aromatic rings. The molecule has 2 saturated heterocycles. The second kappa shape index (κ2) is 3.92. The maximum atomic E-state index is 9.18. The Balaban J connectivity index is 2.22. The zero-order chi connectivity index (χ0) is 12.9. The van der Waals surface area contributed by atoms with Gasteiger partial charge >= 0.3 is 0 Å². The lowest BCUT2D eigenvalue weighted by Gasteiger charge is -2.56. The molecular weight excluding hydrogens is 218 g/mol. The Morgan fingerprint density at radius 3 is 2.12 bits per heavy atom. The van der Waals surface area contributed by atoms with Crippen molar-refractivity contribution in [3.05, 3.63) is 0 Å². The fourth-order valence-electron chi connectivity index (χ4n) is 3.33. The summed E-state index contributed by atoms with van der Waals surface area (Å²) in [6, 6.07) is 0. The number of likely N-dealkylation sites (tertiary alicyclic amines) is 1. The van der Waals surface area contributed by atoms with Crippen molar-refractivity contribution in [3.8, 4) is 0 Å². The molecule has 4 nitrogen and oxygen atoms in total. The molecule has 0 aliphatic carbocycles. The summed E-state index contributed by atoms with van der Waals surface area (Å²) in [6.07, 6.45) is 1.53. The van der Waals surface area contributed by atoms with Crippen molar-refractivity contribution < 1.29 is 14.6 Å². The number of aliphatic hydroxyl groups excluding tert-OH is 1. The fraction of sp³-hybridized carbons (Fsp3) is 1.00. The third-order valence-corrected chi connectivity index (χ3v) is 4.34. The molecule has 2 fully saturated rings. The molecule has 1 spiro atoms. The first-order chi connectivity index (χ1) is 7.71. The van der Waals surface area contributed by atoms with Crippen molar-refractivity contribution in [2.24, 2.45) is 0 Å². The summed E-state index contributed by atoms with van der Waals surface area (Å²) < 4.78 is 11.9. The first-order valence-electron chi connectivity index (χ1n) is 6.37. The van der Waals surface area contributed by atoms with E-state index in [-0.39, 0.29) is 23.8 Å². The molecule has 2 rings (SSSR count). The van der Waals surface area contributed by atoms with Crippen molar-refractivity contribution in [3.63, 3.8) is 0 Å². The molecule has 0 aromatic heterocycles. The van der Waals surface area contributed by atoms with Crippen LogP contribution in [0, 0.1) is 0 Å². The normalized spacial score (nSPS) is 35.3. The molecule has 2 heterocycles. The molecule has 1 atom stereocenters. The van der Waals surface area contributed by atoms with Crippen LogP contribution < -0.4 is 0 Å². The third-order valence-electron chi connectivity index (χ3n) is 4.34. The fourth-order valence-corrected chi connectivity index (χ4v) is 3.33. The Bertz CT molecular complexity index is 283. The van der Waals surface area contributed by atoms with Gasteiger partial charge in [0.15, 0.2) is 5.79 Å². The molecule has 2 aliphatic heterocycles. The zero-order valence-corrected chi connectivity index (χ0v) is 11.6. The maximum absolute atomic E-state index is 9.18.